The first kappa shape index (κ1) is 21.1. The van der Waals surface area contributed by atoms with Crippen molar-refractivity contribution in [3.05, 3.63) is 94.5 Å². The summed E-state index contributed by atoms with van der Waals surface area (Å²) in [6.45, 7) is 3.90. The minimum Gasteiger partial charge on any atom is -0.497 e. The highest BCUT2D eigenvalue weighted by Gasteiger charge is 2.27. The monoisotopic (exact) mass is 404 g/mol. The van der Waals surface area contributed by atoms with Gasteiger partial charge >= 0.3 is 5.97 Å². The van der Waals surface area contributed by atoms with E-state index in [2.05, 4.69) is 0 Å². The zero-order chi connectivity index (χ0) is 21.7. The maximum Gasteiger partial charge on any atom is 0.339 e. The van der Waals surface area contributed by atoms with Crippen molar-refractivity contribution in [3.63, 3.8) is 0 Å². The van der Waals surface area contributed by atoms with E-state index in [0.717, 1.165) is 11.1 Å². The van der Waals surface area contributed by atoms with E-state index in [1.165, 1.54) is 14.2 Å². The number of aryl methyl sites for hydroxylation is 2. The Morgan fingerprint density at radius 1 is 0.700 bits per heavy atom. The molecule has 0 amide bonds. The Morgan fingerprint density at radius 3 is 1.70 bits per heavy atom. The molecular formula is C25H24O5. The molecule has 5 nitrogen and oxygen atoms in total. The van der Waals surface area contributed by atoms with Gasteiger partial charge < -0.3 is 14.2 Å². The first-order chi connectivity index (χ1) is 14.4. The third kappa shape index (κ3) is 4.87. The lowest BCUT2D eigenvalue weighted by molar-refractivity contribution is 0.0279. The Labute approximate surface area is 176 Å². The van der Waals surface area contributed by atoms with Gasteiger partial charge in [-0.05, 0) is 26.0 Å². The molecule has 0 radical (unpaired) electrons. The molecule has 0 bridgehead atoms. The number of rotatable bonds is 7. The fourth-order valence-corrected chi connectivity index (χ4v) is 2.98. The summed E-state index contributed by atoms with van der Waals surface area (Å²) in [5.41, 5.74) is 3.40. The number of ketones is 1. The van der Waals surface area contributed by atoms with Crippen LogP contribution in [0.5, 0.6) is 11.5 Å². The number of ether oxygens (including phenoxy) is 3. The molecule has 0 fully saturated rings. The van der Waals surface area contributed by atoms with Gasteiger partial charge in [0.25, 0.3) is 0 Å². The molecule has 0 aliphatic carbocycles. The van der Waals surface area contributed by atoms with Crippen LogP contribution in [-0.4, -0.2) is 26.0 Å². The summed E-state index contributed by atoms with van der Waals surface area (Å²) in [5, 5.41) is 0. The van der Waals surface area contributed by atoms with Gasteiger partial charge in [0, 0.05) is 17.2 Å². The first-order valence-corrected chi connectivity index (χ1v) is 9.52. The molecule has 3 aromatic rings. The minimum absolute atomic E-state index is 0.236. The second kappa shape index (κ2) is 9.27. The number of esters is 1. The SMILES string of the molecule is COc1cc(OC)cc(C(=O)O[C@@H](C(=O)c2ccc(C)cc2)c2ccc(C)cc2)c1. The van der Waals surface area contributed by atoms with Crippen LogP contribution in [0.3, 0.4) is 0 Å². The normalized spacial score (nSPS) is 11.5. The molecule has 0 saturated heterocycles. The second-order valence-electron chi connectivity index (χ2n) is 7.03. The highest BCUT2D eigenvalue weighted by molar-refractivity contribution is 6.02. The number of benzene rings is 3. The Bertz CT molecular complexity index is 1010. The smallest absolute Gasteiger partial charge is 0.339 e. The van der Waals surface area contributed by atoms with Gasteiger partial charge in [-0.1, -0.05) is 59.7 Å². The molecule has 0 N–H and O–H groups in total. The number of hydrogen-bond acceptors (Lipinski definition) is 5. The molecule has 3 aromatic carbocycles. The lowest BCUT2D eigenvalue weighted by Gasteiger charge is -2.18. The van der Waals surface area contributed by atoms with Gasteiger partial charge in [-0.15, -0.1) is 0 Å². The van der Waals surface area contributed by atoms with Crippen molar-refractivity contribution in [1.82, 2.24) is 0 Å². The van der Waals surface area contributed by atoms with Crippen LogP contribution in [0.15, 0.2) is 66.7 Å². The summed E-state index contributed by atoms with van der Waals surface area (Å²) in [6.07, 6.45) is -1.07. The Morgan fingerprint density at radius 2 is 1.20 bits per heavy atom. The summed E-state index contributed by atoms with van der Waals surface area (Å²) >= 11 is 0. The number of carbonyl (C=O) groups excluding carboxylic acids is 2. The summed E-state index contributed by atoms with van der Waals surface area (Å²) in [7, 11) is 3.00. The van der Waals surface area contributed by atoms with Crippen molar-refractivity contribution in [1.29, 1.82) is 0 Å². The summed E-state index contributed by atoms with van der Waals surface area (Å²) in [6, 6.07) is 19.3. The van der Waals surface area contributed by atoms with Crippen molar-refractivity contribution >= 4 is 11.8 Å². The average Bonchev–Trinajstić information content (AvgIpc) is 2.77. The van der Waals surface area contributed by atoms with Gasteiger partial charge in [0.2, 0.25) is 5.78 Å². The molecule has 154 valence electrons. The van der Waals surface area contributed by atoms with Gasteiger partial charge in [-0.2, -0.15) is 0 Å². The molecule has 0 aliphatic heterocycles. The van der Waals surface area contributed by atoms with Crippen LogP contribution >= 0.6 is 0 Å². The Balaban J connectivity index is 1.96. The topological polar surface area (TPSA) is 61.8 Å². The molecule has 0 aromatic heterocycles. The number of methoxy groups -OCH3 is 2. The third-order valence-electron chi connectivity index (χ3n) is 4.77. The zero-order valence-electron chi connectivity index (χ0n) is 17.5. The van der Waals surface area contributed by atoms with Gasteiger partial charge in [0.05, 0.1) is 19.8 Å². The van der Waals surface area contributed by atoms with E-state index in [9.17, 15) is 9.59 Å². The van der Waals surface area contributed by atoms with Crippen molar-refractivity contribution in [2.75, 3.05) is 14.2 Å². The largest absolute Gasteiger partial charge is 0.497 e. The Hall–Kier alpha value is -3.60. The van der Waals surface area contributed by atoms with Gasteiger partial charge in [-0.25, -0.2) is 4.79 Å². The molecule has 0 aliphatic rings. The first-order valence-electron chi connectivity index (χ1n) is 9.52. The highest BCUT2D eigenvalue weighted by atomic mass is 16.5. The van der Waals surface area contributed by atoms with Crippen LogP contribution in [0.25, 0.3) is 0 Å². The summed E-state index contributed by atoms with van der Waals surface area (Å²) < 4.78 is 16.2. The lowest BCUT2D eigenvalue weighted by atomic mass is 9.98. The van der Waals surface area contributed by atoms with Crippen molar-refractivity contribution in [3.8, 4) is 11.5 Å². The van der Waals surface area contributed by atoms with Crippen molar-refractivity contribution in [2.45, 2.75) is 20.0 Å². The third-order valence-corrected chi connectivity index (χ3v) is 4.77. The van der Waals surface area contributed by atoms with E-state index >= 15 is 0 Å². The van der Waals surface area contributed by atoms with E-state index in [1.54, 1.807) is 42.5 Å². The van der Waals surface area contributed by atoms with Crippen LogP contribution in [0, 0.1) is 13.8 Å². The second-order valence-corrected chi connectivity index (χ2v) is 7.03. The van der Waals surface area contributed by atoms with E-state index in [1.807, 2.05) is 38.1 Å². The van der Waals surface area contributed by atoms with Crippen molar-refractivity contribution < 1.29 is 23.8 Å². The molecule has 5 heteroatoms. The minimum atomic E-state index is -1.07. The van der Waals surface area contributed by atoms with Crippen LogP contribution in [0.4, 0.5) is 0 Å². The molecule has 0 saturated carbocycles. The number of hydrogen-bond donors (Lipinski definition) is 0. The molecule has 0 unspecified atom stereocenters. The molecule has 30 heavy (non-hydrogen) atoms. The molecule has 0 spiro atoms. The highest BCUT2D eigenvalue weighted by Crippen LogP contribution is 2.28. The Kier molecular flexibility index (Phi) is 6.52. The summed E-state index contributed by atoms with van der Waals surface area (Å²) in [4.78, 5) is 26.2. The van der Waals surface area contributed by atoms with Gasteiger partial charge in [0.1, 0.15) is 11.5 Å². The number of Topliss-reactive ketones (excluding diaryl/α,β-unsaturated/α-hetero) is 1. The number of carbonyl (C=O) groups is 2. The average molecular weight is 404 g/mol. The fraction of sp³-hybridized carbons (Fsp3) is 0.200. The summed E-state index contributed by atoms with van der Waals surface area (Å²) in [5.74, 6) is -0.0172. The lowest BCUT2D eigenvalue weighted by Crippen LogP contribution is -2.20. The van der Waals surface area contributed by atoms with Crippen LogP contribution in [-0.2, 0) is 4.74 Å². The maximum atomic E-state index is 13.2. The predicted molar refractivity (Wildman–Crippen MR) is 114 cm³/mol. The predicted octanol–water partition coefficient (Wildman–Crippen LogP) is 5.10. The van der Waals surface area contributed by atoms with E-state index in [4.69, 9.17) is 14.2 Å². The van der Waals surface area contributed by atoms with Crippen LogP contribution in [0.2, 0.25) is 0 Å². The van der Waals surface area contributed by atoms with E-state index < -0.39 is 12.1 Å². The van der Waals surface area contributed by atoms with Crippen molar-refractivity contribution in [2.24, 2.45) is 0 Å². The van der Waals surface area contributed by atoms with Gasteiger partial charge in [0.15, 0.2) is 6.10 Å². The fourth-order valence-electron chi connectivity index (χ4n) is 2.98. The van der Waals surface area contributed by atoms with Crippen LogP contribution < -0.4 is 9.47 Å². The van der Waals surface area contributed by atoms with E-state index in [0.29, 0.717) is 22.6 Å². The standard InChI is InChI=1S/C25H24O5/c1-16-5-9-18(10-6-16)23(26)24(19-11-7-17(2)8-12-19)30-25(27)20-13-21(28-3)15-22(14-20)29-4/h5-15,24H,1-4H3/t24-/m1/s1. The van der Waals surface area contributed by atoms with E-state index in [-0.39, 0.29) is 11.3 Å². The molecule has 3 rings (SSSR count). The maximum absolute atomic E-state index is 13.2. The molecular weight excluding hydrogens is 380 g/mol. The molecule has 0 heterocycles. The quantitative estimate of drug-likeness (QED) is 0.405. The molecule has 1 atom stereocenters. The zero-order valence-corrected chi connectivity index (χ0v) is 17.5. The van der Waals surface area contributed by atoms with Crippen LogP contribution in [0.1, 0.15) is 43.5 Å². The van der Waals surface area contributed by atoms with Gasteiger partial charge in [-0.3, -0.25) is 4.79 Å².